The van der Waals surface area contributed by atoms with Gasteiger partial charge in [-0.1, -0.05) is 24.3 Å². The van der Waals surface area contributed by atoms with Crippen LogP contribution in [-0.2, 0) is 12.8 Å². The van der Waals surface area contributed by atoms with Crippen LogP contribution in [-0.4, -0.2) is 67.8 Å². The minimum atomic E-state index is -1.87. The summed E-state index contributed by atoms with van der Waals surface area (Å²) in [7, 11) is 0. The molecule has 0 aliphatic carbocycles. The minimum Gasteiger partial charge on any atom is -0.394 e. The number of aliphatic hydroxyl groups excluding tert-OH is 6. The highest BCUT2D eigenvalue weighted by molar-refractivity contribution is 5.40. The Balaban J connectivity index is 2.44. The lowest BCUT2D eigenvalue weighted by molar-refractivity contribution is -0.134. The molecule has 2 rings (SSSR count). The SMILES string of the molecule is Cc1cc(C)c(CC=C=C(Cc2cc(C)c(C)cc2C)C(O)[C@@H](O)[C@@H](O)[C@H](O)[C@@H](O)CO)cc1C. The molecule has 5 atom stereocenters. The topological polar surface area (TPSA) is 121 Å². The number of hydrogen-bond donors (Lipinski definition) is 6. The maximum absolute atomic E-state index is 11.0. The van der Waals surface area contributed by atoms with E-state index in [4.69, 9.17) is 5.11 Å². The Morgan fingerprint density at radius 1 is 0.686 bits per heavy atom. The third kappa shape index (κ3) is 7.35. The zero-order valence-corrected chi connectivity index (χ0v) is 21.6. The molecular formula is C29H40O6. The second-order valence-corrected chi connectivity index (χ2v) is 9.65. The monoisotopic (exact) mass is 484 g/mol. The van der Waals surface area contributed by atoms with Crippen molar-refractivity contribution in [1.29, 1.82) is 0 Å². The van der Waals surface area contributed by atoms with Gasteiger partial charge < -0.3 is 30.6 Å². The van der Waals surface area contributed by atoms with Gasteiger partial charge in [0.05, 0.1) is 6.61 Å². The largest absolute Gasteiger partial charge is 0.394 e. The average molecular weight is 485 g/mol. The molecule has 6 heteroatoms. The summed E-state index contributed by atoms with van der Waals surface area (Å²) in [5.41, 5.74) is 12.4. The fraction of sp³-hybridized carbons (Fsp3) is 0.483. The van der Waals surface area contributed by atoms with E-state index in [9.17, 15) is 25.5 Å². The fourth-order valence-electron chi connectivity index (χ4n) is 4.12. The summed E-state index contributed by atoms with van der Waals surface area (Å²) in [6.45, 7) is 11.4. The Bertz CT molecular complexity index is 1080. The van der Waals surface area contributed by atoms with Gasteiger partial charge in [0.2, 0.25) is 0 Å². The van der Waals surface area contributed by atoms with E-state index in [1.807, 2.05) is 33.8 Å². The maximum Gasteiger partial charge on any atom is 0.113 e. The smallest absolute Gasteiger partial charge is 0.113 e. The zero-order chi connectivity index (χ0) is 26.4. The number of aryl methyl sites for hydroxylation is 6. The van der Waals surface area contributed by atoms with Crippen molar-refractivity contribution in [3.63, 3.8) is 0 Å². The number of benzene rings is 2. The van der Waals surface area contributed by atoms with Crippen LogP contribution >= 0.6 is 0 Å². The van der Waals surface area contributed by atoms with Crippen LogP contribution in [0.4, 0.5) is 0 Å². The second kappa shape index (κ2) is 12.6. The molecule has 35 heavy (non-hydrogen) atoms. The van der Waals surface area contributed by atoms with Gasteiger partial charge >= 0.3 is 0 Å². The molecule has 6 nitrogen and oxygen atoms in total. The first-order valence-electron chi connectivity index (χ1n) is 12.0. The van der Waals surface area contributed by atoms with Crippen LogP contribution in [0.2, 0.25) is 0 Å². The molecule has 0 spiro atoms. The summed E-state index contributed by atoms with van der Waals surface area (Å²) < 4.78 is 0. The highest BCUT2D eigenvalue weighted by atomic mass is 16.4. The fourth-order valence-corrected chi connectivity index (χ4v) is 4.12. The second-order valence-electron chi connectivity index (χ2n) is 9.65. The van der Waals surface area contributed by atoms with E-state index < -0.39 is 37.1 Å². The van der Waals surface area contributed by atoms with Gasteiger partial charge in [-0.15, -0.1) is 5.73 Å². The molecule has 0 saturated carbocycles. The van der Waals surface area contributed by atoms with Crippen LogP contribution in [0.3, 0.4) is 0 Å². The Hall–Kier alpha value is -2.28. The summed E-state index contributed by atoms with van der Waals surface area (Å²) in [6, 6.07) is 8.34. The van der Waals surface area contributed by atoms with E-state index >= 15 is 0 Å². The predicted octanol–water partition coefficient (Wildman–Crippen LogP) is 2.20. The molecule has 0 aliphatic heterocycles. The number of aliphatic hydroxyl groups is 6. The molecule has 6 N–H and O–H groups in total. The molecule has 0 saturated heterocycles. The molecule has 2 aromatic rings. The van der Waals surface area contributed by atoms with Gasteiger partial charge in [-0.2, -0.15) is 0 Å². The summed E-state index contributed by atoms with van der Waals surface area (Å²) in [5, 5.41) is 60.6. The molecule has 2 aromatic carbocycles. The van der Waals surface area contributed by atoms with Crippen molar-refractivity contribution in [2.75, 3.05) is 6.61 Å². The van der Waals surface area contributed by atoms with Crippen molar-refractivity contribution in [2.24, 2.45) is 0 Å². The number of hydrogen-bond acceptors (Lipinski definition) is 6. The first-order chi connectivity index (χ1) is 16.4. The van der Waals surface area contributed by atoms with E-state index in [0.29, 0.717) is 12.0 Å². The molecule has 0 bridgehead atoms. The molecule has 0 aliphatic rings. The van der Waals surface area contributed by atoms with Gasteiger partial charge in [-0.3, -0.25) is 0 Å². The maximum atomic E-state index is 11.0. The normalized spacial score (nSPS) is 15.7. The predicted molar refractivity (Wildman–Crippen MR) is 137 cm³/mol. The standard InChI is InChI=1S/C29H40O6/c1-16-10-20(5)22(12-18(16)3)8-7-9-23(14-24-13-19(4)17(2)11-21(24)6)26(32)28(34)29(35)27(33)25(31)15-30/h7,10-13,25-35H,8,14-15H2,1-6H3/t9?,25-,26?,27+,28+,29-/m0/s1. The molecular weight excluding hydrogens is 444 g/mol. The van der Waals surface area contributed by atoms with E-state index in [0.717, 1.165) is 33.4 Å². The van der Waals surface area contributed by atoms with Crippen LogP contribution in [0.25, 0.3) is 0 Å². The van der Waals surface area contributed by atoms with Crippen LogP contribution in [0.15, 0.2) is 41.6 Å². The summed E-state index contributed by atoms with van der Waals surface area (Å²) in [6.07, 6.45) is -6.04. The van der Waals surface area contributed by atoms with Crippen molar-refractivity contribution < 1.29 is 30.6 Å². The Labute approximate surface area is 208 Å². The lowest BCUT2D eigenvalue weighted by atomic mass is 9.89. The molecule has 0 heterocycles. The number of rotatable bonds is 10. The molecule has 1 unspecified atom stereocenters. The van der Waals surface area contributed by atoms with Crippen LogP contribution < -0.4 is 0 Å². The first-order valence-corrected chi connectivity index (χ1v) is 12.0. The lowest BCUT2D eigenvalue weighted by Crippen LogP contribution is -2.50. The summed E-state index contributed by atoms with van der Waals surface area (Å²) >= 11 is 0. The Kier molecular flexibility index (Phi) is 10.4. The molecule has 0 fully saturated rings. The average Bonchev–Trinajstić information content (AvgIpc) is 2.82. The Morgan fingerprint density at radius 3 is 1.71 bits per heavy atom. The van der Waals surface area contributed by atoms with Gasteiger partial charge in [-0.05, 0) is 98.5 Å². The van der Waals surface area contributed by atoms with Crippen molar-refractivity contribution in [3.8, 4) is 0 Å². The third-order valence-electron chi connectivity index (χ3n) is 6.86. The van der Waals surface area contributed by atoms with Crippen molar-refractivity contribution in [2.45, 2.75) is 84.9 Å². The summed E-state index contributed by atoms with van der Waals surface area (Å²) in [5.74, 6) is 0. The van der Waals surface area contributed by atoms with Crippen LogP contribution in [0, 0.1) is 41.5 Å². The van der Waals surface area contributed by atoms with E-state index in [2.05, 4.69) is 37.8 Å². The first kappa shape index (κ1) is 29.0. The van der Waals surface area contributed by atoms with Crippen LogP contribution in [0.1, 0.15) is 44.5 Å². The van der Waals surface area contributed by atoms with Crippen LogP contribution in [0.5, 0.6) is 0 Å². The third-order valence-corrected chi connectivity index (χ3v) is 6.86. The van der Waals surface area contributed by atoms with Crippen molar-refractivity contribution in [1.82, 2.24) is 0 Å². The van der Waals surface area contributed by atoms with E-state index in [-0.39, 0.29) is 6.42 Å². The minimum absolute atomic E-state index is 0.277. The quantitative estimate of drug-likeness (QED) is 0.288. The van der Waals surface area contributed by atoms with Gasteiger partial charge in [0.1, 0.15) is 30.5 Å². The van der Waals surface area contributed by atoms with E-state index in [1.54, 1.807) is 6.08 Å². The van der Waals surface area contributed by atoms with Gasteiger partial charge in [-0.25, -0.2) is 0 Å². The molecule has 0 radical (unpaired) electrons. The Morgan fingerprint density at radius 2 is 1.17 bits per heavy atom. The molecule has 192 valence electrons. The molecule has 0 amide bonds. The highest BCUT2D eigenvalue weighted by Crippen LogP contribution is 2.23. The van der Waals surface area contributed by atoms with Gasteiger partial charge in [0.15, 0.2) is 0 Å². The van der Waals surface area contributed by atoms with Gasteiger partial charge in [0.25, 0.3) is 0 Å². The zero-order valence-electron chi connectivity index (χ0n) is 21.6. The van der Waals surface area contributed by atoms with E-state index in [1.165, 1.54) is 11.1 Å². The van der Waals surface area contributed by atoms with Crippen molar-refractivity contribution in [3.05, 3.63) is 86.2 Å². The molecule has 0 aromatic heterocycles. The summed E-state index contributed by atoms with van der Waals surface area (Å²) in [4.78, 5) is 0. The van der Waals surface area contributed by atoms with Gasteiger partial charge in [0, 0.05) is 12.0 Å². The lowest BCUT2D eigenvalue weighted by Gasteiger charge is -2.29. The van der Waals surface area contributed by atoms with Crippen molar-refractivity contribution >= 4 is 0 Å². The highest BCUT2D eigenvalue weighted by Gasteiger charge is 2.35.